The molecule has 0 aromatic carbocycles. The van der Waals surface area contributed by atoms with Gasteiger partial charge in [0.15, 0.2) is 0 Å². The van der Waals surface area contributed by atoms with E-state index in [2.05, 4.69) is 5.32 Å². The van der Waals surface area contributed by atoms with Crippen LogP contribution in [-0.2, 0) is 4.79 Å². The Morgan fingerprint density at radius 3 is 2.40 bits per heavy atom. The first kappa shape index (κ1) is 12.5. The molecule has 1 atom stereocenters. The summed E-state index contributed by atoms with van der Waals surface area (Å²) >= 11 is 0. The molecule has 1 aliphatic rings. The summed E-state index contributed by atoms with van der Waals surface area (Å²) in [5, 5.41) is 12.0. The number of aliphatic hydroxyl groups excluding tert-OH is 1. The van der Waals surface area contributed by atoms with Crippen molar-refractivity contribution in [3.63, 3.8) is 0 Å². The molecule has 0 radical (unpaired) electrons. The Balaban J connectivity index is 2.53. The smallest absolute Gasteiger partial charge is 0.240 e. The zero-order valence-electron chi connectivity index (χ0n) is 9.62. The van der Waals surface area contributed by atoms with Gasteiger partial charge < -0.3 is 16.2 Å². The van der Waals surface area contributed by atoms with Gasteiger partial charge in [-0.1, -0.05) is 26.7 Å². The third-order valence-corrected chi connectivity index (χ3v) is 3.27. The summed E-state index contributed by atoms with van der Waals surface area (Å²) in [6, 6.07) is -0.182. The van der Waals surface area contributed by atoms with Crippen LogP contribution in [0.25, 0.3) is 0 Å². The van der Waals surface area contributed by atoms with Crippen molar-refractivity contribution in [2.45, 2.75) is 51.1 Å². The van der Waals surface area contributed by atoms with Gasteiger partial charge in [-0.05, 0) is 18.8 Å². The zero-order chi connectivity index (χ0) is 11.5. The summed E-state index contributed by atoms with van der Waals surface area (Å²) in [5.74, 6) is 0.122. The molecule has 0 aliphatic heterocycles. The number of carbonyl (C=O) groups is 1. The topological polar surface area (TPSA) is 75.3 Å². The average molecular weight is 214 g/mol. The van der Waals surface area contributed by atoms with Crippen LogP contribution in [0.15, 0.2) is 0 Å². The van der Waals surface area contributed by atoms with Gasteiger partial charge in [0.05, 0.1) is 18.2 Å². The molecule has 1 fully saturated rings. The molecule has 1 amide bonds. The lowest BCUT2D eigenvalue weighted by Crippen LogP contribution is -2.56. The Kier molecular flexibility index (Phi) is 4.11. The number of hydrogen-bond donors (Lipinski definition) is 3. The Morgan fingerprint density at radius 1 is 1.47 bits per heavy atom. The second-order valence-electron chi connectivity index (χ2n) is 4.87. The van der Waals surface area contributed by atoms with E-state index < -0.39 is 5.54 Å². The molecule has 0 heterocycles. The predicted octanol–water partition coefficient (Wildman–Crippen LogP) is 0.391. The van der Waals surface area contributed by atoms with E-state index in [1.54, 1.807) is 0 Å². The highest BCUT2D eigenvalue weighted by molar-refractivity contribution is 5.86. The number of hydrogen-bond acceptors (Lipinski definition) is 3. The first-order valence-electron chi connectivity index (χ1n) is 5.70. The Labute approximate surface area is 91.2 Å². The fourth-order valence-corrected chi connectivity index (χ4v) is 1.97. The second kappa shape index (κ2) is 4.94. The molecular formula is C11H22N2O2. The second-order valence-corrected chi connectivity index (χ2v) is 4.87. The van der Waals surface area contributed by atoms with Crippen LogP contribution in [0, 0.1) is 5.92 Å². The monoisotopic (exact) mass is 214 g/mol. The van der Waals surface area contributed by atoms with Crippen molar-refractivity contribution in [2.24, 2.45) is 11.7 Å². The van der Waals surface area contributed by atoms with Crippen molar-refractivity contribution in [3.05, 3.63) is 0 Å². The number of aliphatic hydroxyl groups is 1. The molecule has 15 heavy (non-hydrogen) atoms. The fourth-order valence-electron chi connectivity index (χ4n) is 1.97. The fraction of sp³-hybridized carbons (Fsp3) is 0.909. The van der Waals surface area contributed by atoms with E-state index in [0.29, 0.717) is 0 Å². The number of nitrogens with one attached hydrogen (secondary N) is 1. The van der Waals surface area contributed by atoms with Gasteiger partial charge in [-0.25, -0.2) is 0 Å². The quantitative estimate of drug-likeness (QED) is 0.633. The van der Waals surface area contributed by atoms with Crippen molar-refractivity contribution >= 4 is 5.91 Å². The standard InChI is InChI=1S/C11H22N2O2/c1-8(2)9(7-14)13-10(15)11(12)5-3-4-6-11/h8-9,14H,3-7,12H2,1-2H3,(H,13,15). The van der Waals surface area contributed by atoms with Gasteiger partial charge in [-0.15, -0.1) is 0 Å². The number of amides is 1. The van der Waals surface area contributed by atoms with Crippen molar-refractivity contribution < 1.29 is 9.90 Å². The maximum absolute atomic E-state index is 11.9. The maximum Gasteiger partial charge on any atom is 0.240 e. The maximum atomic E-state index is 11.9. The highest BCUT2D eigenvalue weighted by atomic mass is 16.3. The van der Waals surface area contributed by atoms with Gasteiger partial charge >= 0.3 is 0 Å². The zero-order valence-corrected chi connectivity index (χ0v) is 9.62. The molecule has 1 aliphatic carbocycles. The number of rotatable bonds is 4. The molecule has 4 N–H and O–H groups in total. The van der Waals surface area contributed by atoms with Crippen LogP contribution in [0.4, 0.5) is 0 Å². The van der Waals surface area contributed by atoms with E-state index in [4.69, 9.17) is 10.8 Å². The minimum Gasteiger partial charge on any atom is -0.394 e. The van der Waals surface area contributed by atoms with Crippen molar-refractivity contribution in [1.29, 1.82) is 0 Å². The normalized spacial score (nSPS) is 21.7. The molecule has 0 aromatic rings. The van der Waals surface area contributed by atoms with Crippen LogP contribution in [0.1, 0.15) is 39.5 Å². The van der Waals surface area contributed by atoms with Gasteiger partial charge in [0.2, 0.25) is 5.91 Å². The summed E-state index contributed by atoms with van der Waals surface area (Å²) in [6.45, 7) is 3.91. The summed E-state index contributed by atoms with van der Waals surface area (Å²) in [6.07, 6.45) is 3.56. The molecule has 1 rings (SSSR count). The first-order chi connectivity index (χ1) is 6.99. The first-order valence-corrected chi connectivity index (χ1v) is 5.70. The van der Waals surface area contributed by atoms with E-state index in [9.17, 15) is 4.79 Å². The minimum absolute atomic E-state index is 0.0283. The molecular weight excluding hydrogens is 192 g/mol. The predicted molar refractivity (Wildman–Crippen MR) is 59.2 cm³/mol. The Bertz CT molecular complexity index is 223. The van der Waals surface area contributed by atoms with Crippen LogP contribution < -0.4 is 11.1 Å². The SMILES string of the molecule is CC(C)C(CO)NC(=O)C1(N)CCCC1. The molecule has 0 saturated heterocycles. The van der Waals surface area contributed by atoms with Crippen molar-refractivity contribution in [1.82, 2.24) is 5.32 Å². The van der Waals surface area contributed by atoms with Crippen LogP contribution in [0.3, 0.4) is 0 Å². The van der Waals surface area contributed by atoms with E-state index in [1.807, 2.05) is 13.8 Å². The van der Waals surface area contributed by atoms with Gasteiger partial charge in [0, 0.05) is 0 Å². The van der Waals surface area contributed by atoms with Crippen LogP contribution in [-0.4, -0.2) is 29.2 Å². The molecule has 0 bridgehead atoms. The highest BCUT2D eigenvalue weighted by Crippen LogP contribution is 2.27. The van der Waals surface area contributed by atoms with Crippen LogP contribution in [0.5, 0.6) is 0 Å². The molecule has 0 aromatic heterocycles. The van der Waals surface area contributed by atoms with Crippen LogP contribution in [0.2, 0.25) is 0 Å². The van der Waals surface area contributed by atoms with E-state index in [1.165, 1.54) is 0 Å². The summed E-state index contributed by atoms with van der Waals surface area (Å²) < 4.78 is 0. The van der Waals surface area contributed by atoms with Crippen LogP contribution >= 0.6 is 0 Å². The molecule has 1 unspecified atom stereocenters. The van der Waals surface area contributed by atoms with Crippen molar-refractivity contribution in [2.75, 3.05) is 6.61 Å². The third kappa shape index (κ3) is 2.92. The van der Waals surface area contributed by atoms with Gasteiger partial charge in [0.1, 0.15) is 0 Å². The molecule has 4 heteroatoms. The van der Waals surface area contributed by atoms with Gasteiger partial charge in [0.25, 0.3) is 0 Å². The number of carbonyl (C=O) groups excluding carboxylic acids is 1. The summed E-state index contributed by atoms with van der Waals surface area (Å²) in [7, 11) is 0. The Morgan fingerprint density at radius 2 is 2.00 bits per heavy atom. The summed E-state index contributed by atoms with van der Waals surface area (Å²) in [4.78, 5) is 11.9. The highest BCUT2D eigenvalue weighted by Gasteiger charge is 2.37. The van der Waals surface area contributed by atoms with Gasteiger partial charge in [-0.2, -0.15) is 0 Å². The van der Waals surface area contributed by atoms with E-state index >= 15 is 0 Å². The van der Waals surface area contributed by atoms with E-state index in [0.717, 1.165) is 25.7 Å². The lowest BCUT2D eigenvalue weighted by Gasteiger charge is -2.27. The summed E-state index contributed by atoms with van der Waals surface area (Å²) in [5.41, 5.74) is 5.32. The van der Waals surface area contributed by atoms with Crippen molar-refractivity contribution in [3.8, 4) is 0 Å². The lowest BCUT2D eigenvalue weighted by atomic mass is 9.96. The molecule has 88 valence electrons. The number of nitrogens with two attached hydrogens (primary N) is 1. The van der Waals surface area contributed by atoms with E-state index in [-0.39, 0.29) is 24.5 Å². The molecule has 0 spiro atoms. The minimum atomic E-state index is -0.692. The average Bonchev–Trinajstić information content (AvgIpc) is 2.61. The molecule has 4 nitrogen and oxygen atoms in total. The largest absolute Gasteiger partial charge is 0.394 e. The van der Waals surface area contributed by atoms with Gasteiger partial charge in [-0.3, -0.25) is 4.79 Å². The Hall–Kier alpha value is -0.610. The molecule has 1 saturated carbocycles. The lowest BCUT2D eigenvalue weighted by molar-refractivity contribution is -0.127. The third-order valence-electron chi connectivity index (χ3n) is 3.27.